The van der Waals surface area contributed by atoms with E-state index in [1.807, 2.05) is 73.7 Å². The van der Waals surface area contributed by atoms with Crippen LogP contribution in [0.1, 0.15) is 37.1 Å². The van der Waals surface area contributed by atoms with Crippen molar-refractivity contribution in [3.63, 3.8) is 0 Å². The molecule has 2 N–H and O–H groups in total. The molecule has 0 radical (unpaired) electrons. The minimum atomic E-state index is -1.07. The van der Waals surface area contributed by atoms with E-state index in [9.17, 15) is 14.7 Å². The zero-order valence-electron chi connectivity index (χ0n) is 20.4. The minimum Gasteiger partial charge on any atom is -0.478 e. The number of anilines is 1. The van der Waals surface area contributed by atoms with E-state index in [-0.39, 0.29) is 0 Å². The summed E-state index contributed by atoms with van der Waals surface area (Å²) in [7, 11) is 0. The van der Waals surface area contributed by atoms with E-state index in [0.717, 1.165) is 22.3 Å². The van der Waals surface area contributed by atoms with Gasteiger partial charge >= 0.3 is 12.1 Å². The Hall–Kier alpha value is -4.59. The summed E-state index contributed by atoms with van der Waals surface area (Å²) in [5.74, 6) is 0.0322. The second-order valence-electron chi connectivity index (χ2n) is 9.06. The zero-order chi connectivity index (χ0) is 26.0. The highest BCUT2D eigenvalue weighted by molar-refractivity contribution is 5.91. The molecule has 1 atom stereocenters. The van der Waals surface area contributed by atoms with Gasteiger partial charge in [-0.25, -0.2) is 9.59 Å². The second-order valence-corrected chi connectivity index (χ2v) is 9.06. The average Bonchev–Trinajstić information content (AvgIpc) is 3.61. The first-order valence-corrected chi connectivity index (χ1v) is 12.0. The third-order valence-corrected chi connectivity index (χ3v) is 6.38. The Balaban J connectivity index is 1.27. The number of aryl methyl sites for hydroxylation is 1. The standard InChI is InChI=1S/C29H26N2O6/c1-18-25(30-28(34)35-19(2)20-6-4-3-5-7-20)26(37-31-18)23-10-8-21(9-11-23)22-12-14-24(15-13-22)36-29(16-17-29)27(32)33/h3-15,19H,16-17H2,1-2H3,(H,30,34)(H,32,33)/t19-/m1/s1. The highest BCUT2D eigenvalue weighted by Crippen LogP contribution is 2.41. The maximum Gasteiger partial charge on any atom is 0.412 e. The van der Waals surface area contributed by atoms with Crippen LogP contribution in [0.5, 0.6) is 5.75 Å². The molecule has 5 rings (SSSR count). The molecule has 8 nitrogen and oxygen atoms in total. The summed E-state index contributed by atoms with van der Waals surface area (Å²) in [6, 6.07) is 24.4. The monoisotopic (exact) mass is 498 g/mol. The Morgan fingerprint density at radius 1 is 0.946 bits per heavy atom. The van der Waals surface area contributed by atoms with Gasteiger partial charge in [-0.15, -0.1) is 0 Å². The fraction of sp³-hybridized carbons (Fsp3) is 0.207. The van der Waals surface area contributed by atoms with Crippen molar-refractivity contribution in [3.05, 3.63) is 90.1 Å². The lowest BCUT2D eigenvalue weighted by atomic mass is 10.0. The van der Waals surface area contributed by atoms with Crippen molar-refractivity contribution >= 4 is 17.7 Å². The minimum absolute atomic E-state index is 0.417. The molecule has 188 valence electrons. The lowest BCUT2D eigenvalue weighted by Crippen LogP contribution is -2.28. The molecule has 1 heterocycles. The number of rotatable bonds is 8. The van der Waals surface area contributed by atoms with Crippen LogP contribution in [0.25, 0.3) is 22.5 Å². The van der Waals surface area contributed by atoms with Gasteiger partial charge in [0.2, 0.25) is 5.60 Å². The Kier molecular flexibility index (Phi) is 6.40. The average molecular weight is 499 g/mol. The van der Waals surface area contributed by atoms with Crippen LogP contribution in [0.15, 0.2) is 83.4 Å². The van der Waals surface area contributed by atoms with Crippen LogP contribution in [0.4, 0.5) is 10.5 Å². The van der Waals surface area contributed by atoms with Gasteiger partial charge in [-0.1, -0.05) is 71.9 Å². The highest BCUT2D eigenvalue weighted by Gasteiger charge is 2.53. The largest absolute Gasteiger partial charge is 0.478 e. The molecule has 3 aromatic carbocycles. The van der Waals surface area contributed by atoms with E-state index >= 15 is 0 Å². The van der Waals surface area contributed by atoms with Gasteiger partial charge in [-0.3, -0.25) is 5.32 Å². The van der Waals surface area contributed by atoms with E-state index in [2.05, 4.69) is 10.5 Å². The molecule has 1 aliphatic rings. The van der Waals surface area contributed by atoms with Gasteiger partial charge in [0, 0.05) is 18.4 Å². The Morgan fingerprint density at radius 2 is 1.54 bits per heavy atom. The third kappa shape index (κ3) is 5.18. The van der Waals surface area contributed by atoms with Gasteiger partial charge in [-0.05, 0) is 42.7 Å². The molecule has 4 aromatic rings. The highest BCUT2D eigenvalue weighted by atomic mass is 16.6. The van der Waals surface area contributed by atoms with E-state index in [4.69, 9.17) is 14.0 Å². The Labute approximate surface area is 213 Å². The van der Waals surface area contributed by atoms with Crippen molar-refractivity contribution in [2.75, 3.05) is 5.32 Å². The zero-order valence-corrected chi connectivity index (χ0v) is 20.4. The maximum atomic E-state index is 12.6. The van der Waals surface area contributed by atoms with Crippen molar-refractivity contribution in [3.8, 4) is 28.2 Å². The molecule has 1 saturated carbocycles. The summed E-state index contributed by atoms with van der Waals surface area (Å²) >= 11 is 0. The molecule has 0 aliphatic heterocycles. The normalized spacial score (nSPS) is 14.4. The number of amides is 1. The van der Waals surface area contributed by atoms with E-state index in [0.29, 0.717) is 35.7 Å². The number of carbonyl (C=O) groups is 2. The topological polar surface area (TPSA) is 111 Å². The molecule has 37 heavy (non-hydrogen) atoms. The number of aromatic nitrogens is 1. The van der Waals surface area contributed by atoms with Gasteiger partial charge in [0.25, 0.3) is 0 Å². The molecule has 1 aromatic heterocycles. The summed E-state index contributed by atoms with van der Waals surface area (Å²) in [5.41, 5.74) is 3.45. The molecule has 1 aliphatic carbocycles. The number of ether oxygens (including phenoxy) is 2. The molecule has 0 unspecified atom stereocenters. The number of nitrogens with one attached hydrogen (secondary N) is 1. The lowest BCUT2D eigenvalue weighted by Gasteiger charge is -2.14. The number of aliphatic carboxylic acids is 1. The number of carbonyl (C=O) groups excluding carboxylic acids is 1. The summed E-state index contributed by atoms with van der Waals surface area (Å²) in [5, 5.41) is 16.1. The van der Waals surface area contributed by atoms with Crippen LogP contribution in [-0.4, -0.2) is 27.9 Å². The molecule has 0 bridgehead atoms. The molecule has 0 saturated heterocycles. The number of hydrogen-bond donors (Lipinski definition) is 2. The van der Waals surface area contributed by atoms with Crippen molar-refractivity contribution in [1.29, 1.82) is 0 Å². The summed E-state index contributed by atoms with van der Waals surface area (Å²) in [4.78, 5) is 23.9. The van der Waals surface area contributed by atoms with Crippen LogP contribution >= 0.6 is 0 Å². The number of carboxylic acids is 1. The van der Waals surface area contributed by atoms with Crippen LogP contribution in [0, 0.1) is 6.92 Å². The Morgan fingerprint density at radius 3 is 2.14 bits per heavy atom. The fourth-order valence-electron chi connectivity index (χ4n) is 4.03. The molecular formula is C29H26N2O6. The Bertz CT molecular complexity index is 1410. The number of hydrogen-bond acceptors (Lipinski definition) is 6. The van der Waals surface area contributed by atoms with Crippen LogP contribution in [0.3, 0.4) is 0 Å². The van der Waals surface area contributed by atoms with Crippen molar-refractivity contribution in [2.24, 2.45) is 0 Å². The number of carboxylic acid groups (broad SMARTS) is 1. The molecule has 0 spiro atoms. The van der Waals surface area contributed by atoms with Crippen molar-refractivity contribution in [1.82, 2.24) is 5.16 Å². The molecular weight excluding hydrogens is 472 g/mol. The summed E-state index contributed by atoms with van der Waals surface area (Å²) in [6.45, 7) is 3.56. The maximum absolute atomic E-state index is 12.6. The van der Waals surface area contributed by atoms with Crippen LogP contribution in [-0.2, 0) is 9.53 Å². The van der Waals surface area contributed by atoms with Crippen LogP contribution < -0.4 is 10.1 Å². The van der Waals surface area contributed by atoms with Crippen molar-refractivity contribution in [2.45, 2.75) is 38.4 Å². The van der Waals surface area contributed by atoms with E-state index in [1.54, 1.807) is 19.1 Å². The molecule has 1 amide bonds. The second kappa shape index (κ2) is 9.81. The van der Waals surface area contributed by atoms with Gasteiger partial charge < -0.3 is 19.1 Å². The first-order valence-electron chi connectivity index (χ1n) is 12.0. The molecule has 8 heteroatoms. The van der Waals surface area contributed by atoms with Gasteiger partial charge in [0.05, 0.1) is 0 Å². The smallest absolute Gasteiger partial charge is 0.412 e. The third-order valence-electron chi connectivity index (χ3n) is 6.38. The van der Waals surface area contributed by atoms with Gasteiger partial charge in [-0.2, -0.15) is 0 Å². The predicted octanol–water partition coefficient (Wildman–Crippen LogP) is 6.62. The quantitative estimate of drug-likeness (QED) is 0.281. The van der Waals surface area contributed by atoms with Gasteiger partial charge in [0.15, 0.2) is 5.76 Å². The number of benzene rings is 3. The first-order chi connectivity index (χ1) is 17.8. The van der Waals surface area contributed by atoms with Gasteiger partial charge in [0.1, 0.15) is 23.2 Å². The van der Waals surface area contributed by atoms with E-state index < -0.39 is 23.8 Å². The fourth-order valence-corrected chi connectivity index (χ4v) is 4.03. The summed E-state index contributed by atoms with van der Waals surface area (Å²) in [6.07, 6.45) is 0.0270. The lowest BCUT2D eigenvalue weighted by molar-refractivity contribution is -0.147. The SMILES string of the molecule is Cc1noc(-c2ccc(-c3ccc(OC4(C(=O)O)CC4)cc3)cc2)c1NC(=O)O[C@H](C)c1ccccc1. The first kappa shape index (κ1) is 24.1. The number of nitrogens with zero attached hydrogens (tertiary/aromatic N) is 1. The van der Waals surface area contributed by atoms with Crippen LogP contribution in [0.2, 0.25) is 0 Å². The predicted molar refractivity (Wildman–Crippen MR) is 137 cm³/mol. The summed E-state index contributed by atoms with van der Waals surface area (Å²) < 4.78 is 16.7. The molecule has 1 fully saturated rings. The van der Waals surface area contributed by atoms with Crippen molar-refractivity contribution < 1.29 is 28.7 Å². The van der Waals surface area contributed by atoms with E-state index in [1.165, 1.54) is 0 Å².